The molecular formula is C19H18N4O2S. The largest absolute Gasteiger partial charge is 0.494 e. The van der Waals surface area contributed by atoms with E-state index in [1.54, 1.807) is 4.52 Å². The Labute approximate surface area is 155 Å². The second-order valence-electron chi connectivity index (χ2n) is 5.54. The number of aromatic nitrogens is 4. The van der Waals surface area contributed by atoms with Crippen molar-refractivity contribution in [3.8, 4) is 33.5 Å². The minimum atomic E-state index is 0.635. The third kappa shape index (κ3) is 3.13. The fourth-order valence-corrected chi connectivity index (χ4v) is 3.50. The van der Waals surface area contributed by atoms with E-state index >= 15 is 0 Å². The molecule has 4 aromatic rings. The molecule has 2 aromatic carbocycles. The summed E-state index contributed by atoms with van der Waals surface area (Å²) in [4.78, 5) is 0.755. The van der Waals surface area contributed by atoms with Gasteiger partial charge in [0.05, 0.1) is 13.2 Å². The van der Waals surface area contributed by atoms with Crippen LogP contribution in [0.3, 0.4) is 0 Å². The van der Waals surface area contributed by atoms with E-state index < -0.39 is 0 Å². The molecule has 0 atom stereocenters. The molecule has 0 radical (unpaired) electrons. The lowest BCUT2D eigenvalue weighted by molar-refractivity contribution is 0.340. The third-order valence-corrected chi connectivity index (χ3v) is 4.75. The van der Waals surface area contributed by atoms with Gasteiger partial charge in [-0.05, 0) is 50.2 Å². The van der Waals surface area contributed by atoms with Gasteiger partial charge in [-0.1, -0.05) is 23.5 Å². The predicted octanol–water partition coefficient (Wildman–Crippen LogP) is 4.32. The highest BCUT2D eigenvalue weighted by Gasteiger charge is 2.15. The molecule has 2 aromatic heterocycles. The summed E-state index contributed by atoms with van der Waals surface area (Å²) in [7, 11) is 0. The van der Waals surface area contributed by atoms with Crippen molar-refractivity contribution >= 4 is 16.3 Å². The molecule has 0 amide bonds. The second kappa shape index (κ2) is 7.13. The van der Waals surface area contributed by atoms with Gasteiger partial charge in [0, 0.05) is 11.1 Å². The summed E-state index contributed by atoms with van der Waals surface area (Å²) in [6, 6.07) is 15.7. The summed E-state index contributed by atoms with van der Waals surface area (Å²) >= 11 is 1.50. The van der Waals surface area contributed by atoms with Gasteiger partial charge in [-0.3, -0.25) is 0 Å². The quantitative estimate of drug-likeness (QED) is 0.509. The first kappa shape index (κ1) is 16.5. The van der Waals surface area contributed by atoms with Crippen LogP contribution >= 0.6 is 11.3 Å². The van der Waals surface area contributed by atoms with Crippen molar-refractivity contribution in [1.82, 2.24) is 19.8 Å². The zero-order valence-electron chi connectivity index (χ0n) is 14.5. The molecule has 0 bridgehead atoms. The smallest absolute Gasteiger partial charge is 0.235 e. The molecule has 6 nitrogen and oxygen atoms in total. The number of ether oxygens (including phenoxy) is 2. The van der Waals surface area contributed by atoms with Crippen LogP contribution in [0.1, 0.15) is 13.8 Å². The average molecular weight is 366 g/mol. The molecule has 7 heteroatoms. The van der Waals surface area contributed by atoms with Crippen molar-refractivity contribution < 1.29 is 9.47 Å². The normalized spacial score (nSPS) is 11.0. The Balaban J connectivity index is 1.70. The number of rotatable bonds is 6. The van der Waals surface area contributed by atoms with Crippen molar-refractivity contribution in [2.24, 2.45) is 0 Å². The van der Waals surface area contributed by atoms with E-state index in [-0.39, 0.29) is 0 Å². The van der Waals surface area contributed by atoms with Gasteiger partial charge in [0.1, 0.15) is 16.5 Å². The molecule has 2 heterocycles. The molecule has 0 N–H and O–H groups in total. The van der Waals surface area contributed by atoms with E-state index in [4.69, 9.17) is 14.6 Å². The molecule has 0 aliphatic carbocycles. The summed E-state index contributed by atoms with van der Waals surface area (Å²) < 4.78 is 12.8. The maximum Gasteiger partial charge on any atom is 0.235 e. The summed E-state index contributed by atoms with van der Waals surface area (Å²) in [5.74, 6) is 2.39. The van der Waals surface area contributed by atoms with Crippen LogP contribution in [0.25, 0.3) is 26.9 Å². The fourth-order valence-electron chi connectivity index (χ4n) is 2.67. The number of hydrogen-bond donors (Lipinski definition) is 0. The molecule has 0 unspecified atom stereocenters. The highest BCUT2D eigenvalue weighted by Crippen LogP contribution is 2.30. The zero-order chi connectivity index (χ0) is 17.9. The number of fused-ring (bicyclic) bond motifs is 1. The van der Waals surface area contributed by atoms with Gasteiger partial charge in [-0.15, -0.1) is 10.2 Å². The fraction of sp³-hybridized carbons (Fsp3) is 0.211. The first-order valence-corrected chi connectivity index (χ1v) is 9.29. The Morgan fingerprint density at radius 2 is 1.65 bits per heavy atom. The lowest BCUT2D eigenvalue weighted by Gasteiger charge is -2.04. The minimum Gasteiger partial charge on any atom is -0.494 e. The maximum atomic E-state index is 5.58. The first-order valence-electron chi connectivity index (χ1n) is 8.47. The molecule has 4 rings (SSSR count). The van der Waals surface area contributed by atoms with Crippen LogP contribution in [-0.4, -0.2) is 33.0 Å². The van der Waals surface area contributed by atoms with Crippen LogP contribution in [0, 0.1) is 0 Å². The van der Waals surface area contributed by atoms with Crippen LogP contribution in [0.5, 0.6) is 11.5 Å². The molecule has 0 saturated carbocycles. The van der Waals surface area contributed by atoms with Crippen molar-refractivity contribution in [3.05, 3.63) is 48.5 Å². The van der Waals surface area contributed by atoms with Crippen LogP contribution in [0.2, 0.25) is 0 Å². The van der Waals surface area contributed by atoms with Crippen molar-refractivity contribution in [1.29, 1.82) is 0 Å². The average Bonchev–Trinajstić information content (AvgIpc) is 3.24. The van der Waals surface area contributed by atoms with E-state index in [0.717, 1.165) is 32.6 Å². The van der Waals surface area contributed by atoms with Gasteiger partial charge in [-0.2, -0.15) is 9.61 Å². The molecular weight excluding hydrogens is 348 g/mol. The van der Waals surface area contributed by atoms with Crippen LogP contribution < -0.4 is 9.47 Å². The Bertz CT molecular complexity index is 1020. The second-order valence-corrected chi connectivity index (χ2v) is 6.50. The number of nitrogens with zero attached hydrogens (tertiary/aromatic N) is 4. The van der Waals surface area contributed by atoms with E-state index in [1.807, 2.05) is 62.4 Å². The highest BCUT2D eigenvalue weighted by molar-refractivity contribution is 7.19. The Hall–Kier alpha value is -2.93. The van der Waals surface area contributed by atoms with Gasteiger partial charge in [0.25, 0.3) is 0 Å². The third-order valence-electron chi connectivity index (χ3n) is 3.81. The number of hydrogen-bond acceptors (Lipinski definition) is 6. The molecule has 0 aliphatic heterocycles. The van der Waals surface area contributed by atoms with Crippen LogP contribution in [0.4, 0.5) is 0 Å². The predicted molar refractivity (Wildman–Crippen MR) is 102 cm³/mol. The summed E-state index contributed by atoms with van der Waals surface area (Å²) in [6.45, 7) is 5.22. The highest BCUT2D eigenvalue weighted by atomic mass is 32.1. The van der Waals surface area contributed by atoms with E-state index in [2.05, 4.69) is 10.2 Å². The van der Waals surface area contributed by atoms with Crippen LogP contribution in [0.15, 0.2) is 48.5 Å². The van der Waals surface area contributed by atoms with Gasteiger partial charge in [0.2, 0.25) is 4.96 Å². The van der Waals surface area contributed by atoms with E-state index in [1.165, 1.54) is 11.3 Å². The Morgan fingerprint density at radius 3 is 2.42 bits per heavy atom. The Kier molecular flexibility index (Phi) is 4.53. The standard InChI is InChI=1S/C19H18N4O2S/c1-3-24-15-10-8-13(9-11-15)17-20-21-19-23(17)22-18(26-19)14-6-5-7-16(12-14)25-4-2/h5-12H,3-4H2,1-2H3. The Morgan fingerprint density at radius 1 is 0.885 bits per heavy atom. The molecule has 0 aliphatic rings. The SMILES string of the molecule is CCOc1ccc(-c2nnc3sc(-c4cccc(OCC)c4)nn23)cc1. The number of benzene rings is 2. The molecule has 0 spiro atoms. The summed E-state index contributed by atoms with van der Waals surface area (Å²) in [5.41, 5.74) is 1.95. The van der Waals surface area contributed by atoms with Gasteiger partial charge >= 0.3 is 0 Å². The summed E-state index contributed by atoms with van der Waals surface area (Å²) in [5, 5.41) is 14.1. The molecule has 0 saturated heterocycles. The van der Waals surface area contributed by atoms with Gasteiger partial charge < -0.3 is 9.47 Å². The maximum absolute atomic E-state index is 5.58. The molecule has 26 heavy (non-hydrogen) atoms. The summed E-state index contributed by atoms with van der Waals surface area (Å²) in [6.07, 6.45) is 0. The van der Waals surface area contributed by atoms with Crippen molar-refractivity contribution in [2.75, 3.05) is 13.2 Å². The first-order chi connectivity index (χ1) is 12.8. The molecule has 0 fully saturated rings. The lowest BCUT2D eigenvalue weighted by Crippen LogP contribution is -1.93. The van der Waals surface area contributed by atoms with Crippen molar-refractivity contribution in [2.45, 2.75) is 13.8 Å². The van der Waals surface area contributed by atoms with Gasteiger partial charge in [-0.25, -0.2) is 0 Å². The van der Waals surface area contributed by atoms with Gasteiger partial charge in [0.15, 0.2) is 5.82 Å². The van der Waals surface area contributed by atoms with E-state index in [0.29, 0.717) is 19.0 Å². The van der Waals surface area contributed by atoms with Crippen molar-refractivity contribution in [3.63, 3.8) is 0 Å². The zero-order valence-corrected chi connectivity index (χ0v) is 15.4. The molecule has 132 valence electrons. The van der Waals surface area contributed by atoms with Crippen LogP contribution in [-0.2, 0) is 0 Å². The topological polar surface area (TPSA) is 61.5 Å². The van der Waals surface area contributed by atoms with E-state index in [9.17, 15) is 0 Å². The monoisotopic (exact) mass is 366 g/mol. The lowest BCUT2D eigenvalue weighted by atomic mass is 10.2. The minimum absolute atomic E-state index is 0.635.